The van der Waals surface area contributed by atoms with E-state index >= 15 is 0 Å². The van der Waals surface area contributed by atoms with Gasteiger partial charge in [0.25, 0.3) is 0 Å². The van der Waals surface area contributed by atoms with E-state index < -0.39 is 5.60 Å². The van der Waals surface area contributed by atoms with Crippen molar-refractivity contribution in [2.75, 3.05) is 20.1 Å². The highest BCUT2D eigenvalue weighted by molar-refractivity contribution is 5.86. The van der Waals surface area contributed by atoms with Crippen LogP contribution in [0.25, 0.3) is 10.9 Å². The van der Waals surface area contributed by atoms with Gasteiger partial charge in [0, 0.05) is 42.7 Å². The molecule has 1 unspecified atom stereocenters. The molecule has 6 heteroatoms. The fourth-order valence-electron chi connectivity index (χ4n) is 5.36. The summed E-state index contributed by atoms with van der Waals surface area (Å²) >= 11 is 0. The minimum absolute atomic E-state index is 0.0784. The van der Waals surface area contributed by atoms with Gasteiger partial charge in [-0.3, -0.25) is 4.79 Å². The third kappa shape index (κ3) is 4.64. The summed E-state index contributed by atoms with van der Waals surface area (Å²) in [6.07, 6.45) is 4.38. The summed E-state index contributed by atoms with van der Waals surface area (Å²) in [4.78, 5) is 33.0. The van der Waals surface area contributed by atoms with Gasteiger partial charge in [-0.2, -0.15) is 0 Å². The number of H-pyrrole nitrogens is 1. The van der Waals surface area contributed by atoms with E-state index in [1.165, 1.54) is 16.6 Å². The van der Waals surface area contributed by atoms with Gasteiger partial charge in [-0.15, -0.1) is 0 Å². The third-order valence-corrected chi connectivity index (χ3v) is 7.05. The highest BCUT2D eigenvalue weighted by Crippen LogP contribution is 2.37. The van der Waals surface area contributed by atoms with Crippen LogP contribution >= 0.6 is 0 Å². The van der Waals surface area contributed by atoms with Crippen molar-refractivity contribution in [2.24, 2.45) is 11.8 Å². The highest BCUT2D eigenvalue weighted by atomic mass is 16.6. The van der Waals surface area contributed by atoms with Crippen molar-refractivity contribution < 1.29 is 14.3 Å². The molecular formula is C26H37N3O3. The molecule has 1 aromatic carbocycles. The molecule has 2 aromatic rings. The monoisotopic (exact) mass is 439 g/mol. The Balaban J connectivity index is 1.33. The maximum Gasteiger partial charge on any atom is 0.410 e. The fraction of sp³-hybridized carbons (Fsp3) is 0.615. The van der Waals surface area contributed by atoms with Crippen LogP contribution in [-0.4, -0.2) is 52.5 Å². The normalized spacial score (nSPS) is 23.7. The van der Waals surface area contributed by atoms with Crippen LogP contribution in [-0.2, 0) is 16.0 Å². The summed E-state index contributed by atoms with van der Waals surface area (Å²) in [6.45, 7) is 9.28. The van der Waals surface area contributed by atoms with Gasteiger partial charge in [0.05, 0.1) is 6.04 Å². The molecule has 1 saturated carbocycles. The molecule has 6 nitrogen and oxygen atoms in total. The van der Waals surface area contributed by atoms with Crippen molar-refractivity contribution in [1.29, 1.82) is 0 Å². The molecule has 0 radical (unpaired) electrons. The van der Waals surface area contributed by atoms with Crippen LogP contribution in [0.1, 0.15) is 70.7 Å². The van der Waals surface area contributed by atoms with Crippen LogP contribution < -0.4 is 0 Å². The van der Waals surface area contributed by atoms with E-state index in [9.17, 15) is 9.59 Å². The van der Waals surface area contributed by atoms with E-state index in [1.54, 1.807) is 11.9 Å². The van der Waals surface area contributed by atoms with Crippen molar-refractivity contribution in [3.8, 4) is 0 Å². The van der Waals surface area contributed by atoms with Crippen LogP contribution in [0.15, 0.2) is 24.3 Å². The lowest BCUT2D eigenvalue weighted by molar-refractivity contribution is -0.139. The lowest BCUT2D eigenvalue weighted by atomic mass is 9.80. The van der Waals surface area contributed by atoms with E-state index in [0.29, 0.717) is 18.4 Å². The van der Waals surface area contributed by atoms with E-state index in [4.69, 9.17) is 4.74 Å². The molecule has 1 aliphatic heterocycles. The Labute approximate surface area is 191 Å². The van der Waals surface area contributed by atoms with E-state index in [2.05, 4.69) is 41.1 Å². The van der Waals surface area contributed by atoms with Gasteiger partial charge in [-0.05, 0) is 77.3 Å². The second-order valence-corrected chi connectivity index (χ2v) is 10.6. The summed E-state index contributed by atoms with van der Waals surface area (Å²) in [5, 5.41) is 1.29. The predicted octanol–water partition coefficient (Wildman–Crippen LogP) is 5.29. The number of nitrogens with zero attached hydrogens (tertiary/aromatic N) is 2. The number of hydrogen-bond donors (Lipinski definition) is 1. The van der Waals surface area contributed by atoms with Crippen LogP contribution in [0, 0.1) is 11.8 Å². The second-order valence-electron chi connectivity index (χ2n) is 10.6. The lowest BCUT2D eigenvalue weighted by Crippen LogP contribution is -2.43. The number of ether oxygens (including phenoxy) is 1. The molecular weight excluding hydrogens is 402 g/mol. The zero-order valence-electron chi connectivity index (χ0n) is 20.1. The lowest BCUT2D eigenvalue weighted by Gasteiger charge is -2.38. The first kappa shape index (κ1) is 22.7. The summed E-state index contributed by atoms with van der Waals surface area (Å²) in [6, 6.07) is 8.50. The number of aromatic amines is 1. The zero-order chi connectivity index (χ0) is 23.0. The molecule has 1 aromatic heterocycles. The van der Waals surface area contributed by atoms with Crippen molar-refractivity contribution >= 4 is 22.9 Å². The maximum atomic E-state index is 13.4. The highest BCUT2D eigenvalue weighted by Gasteiger charge is 2.36. The molecule has 1 fully saturated rings. The molecule has 0 spiro atoms. The Morgan fingerprint density at radius 1 is 1.16 bits per heavy atom. The number of nitrogens with one attached hydrogen (secondary N) is 1. The molecule has 2 amide bonds. The van der Waals surface area contributed by atoms with E-state index in [0.717, 1.165) is 44.2 Å². The van der Waals surface area contributed by atoms with E-state index in [1.807, 2.05) is 20.8 Å². The summed E-state index contributed by atoms with van der Waals surface area (Å²) in [7, 11) is 1.80. The number of hydrogen-bond acceptors (Lipinski definition) is 3. The second kappa shape index (κ2) is 8.80. The molecule has 1 N–H and O–H groups in total. The molecule has 2 heterocycles. The Bertz CT molecular complexity index is 982. The number of para-hydroxylation sites is 1. The minimum Gasteiger partial charge on any atom is -0.444 e. The Morgan fingerprint density at radius 3 is 2.53 bits per heavy atom. The maximum absolute atomic E-state index is 13.4. The number of fused-ring (bicyclic) bond motifs is 3. The quantitative estimate of drug-likeness (QED) is 0.707. The topological polar surface area (TPSA) is 65.6 Å². The molecule has 4 rings (SSSR count). The Hall–Kier alpha value is -2.50. The van der Waals surface area contributed by atoms with Crippen LogP contribution in [0.3, 0.4) is 0 Å². The average molecular weight is 440 g/mol. The van der Waals surface area contributed by atoms with E-state index in [-0.39, 0.29) is 18.1 Å². The van der Waals surface area contributed by atoms with Gasteiger partial charge < -0.3 is 19.5 Å². The molecule has 32 heavy (non-hydrogen) atoms. The van der Waals surface area contributed by atoms with Crippen molar-refractivity contribution in [2.45, 2.75) is 71.4 Å². The van der Waals surface area contributed by atoms with Crippen LogP contribution in [0.5, 0.6) is 0 Å². The standard InChI is InChI=1S/C26H37N3O3/c1-17-23-21(20-8-6-7-9-22(20)27-23)14-15-29(17)24(30)19-12-10-18(11-13-19)16-28(5)25(31)32-26(2,3)4/h6-9,17-19,27H,10-16H2,1-5H3/t17?,18-,19-. The van der Waals surface area contributed by atoms with Crippen LogP contribution in [0.2, 0.25) is 0 Å². The average Bonchev–Trinajstić information content (AvgIpc) is 3.13. The first-order valence-corrected chi connectivity index (χ1v) is 12.0. The molecule has 0 bridgehead atoms. The predicted molar refractivity (Wildman–Crippen MR) is 126 cm³/mol. The van der Waals surface area contributed by atoms with Crippen molar-refractivity contribution in [3.05, 3.63) is 35.5 Å². The Kier molecular flexibility index (Phi) is 6.24. The number of aromatic nitrogens is 1. The fourth-order valence-corrected chi connectivity index (χ4v) is 5.36. The molecule has 1 aliphatic carbocycles. The third-order valence-electron chi connectivity index (χ3n) is 7.05. The smallest absolute Gasteiger partial charge is 0.410 e. The zero-order valence-corrected chi connectivity index (χ0v) is 20.1. The molecule has 1 atom stereocenters. The van der Waals surface area contributed by atoms with Gasteiger partial charge in [0.2, 0.25) is 5.91 Å². The number of carbonyl (C=O) groups is 2. The van der Waals surface area contributed by atoms with Crippen molar-refractivity contribution in [3.63, 3.8) is 0 Å². The van der Waals surface area contributed by atoms with Crippen LogP contribution in [0.4, 0.5) is 4.79 Å². The largest absolute Gasteiger partial charge is 0.444 e. The minimum atomic E-state index is -0.481. The summed E-state index contributed by atoms with van der Waals surface area (Å²) in [5.74, 6) is 0.808. The van der Waals surface area contributed by atoms with Gasteiger partial charge in [0.15, 0.2) is 0 Å². The molecule has 174 valence electrons. The first-order valence-electron chi connectivity index (χ1n) is 12.0. The van der Waals surface area contributed by atoms with Gasteiger partial charge in [-0.1, -0.05) is 18.2 Å². The van der Waals surface area contributed by atoms with Gasteiger partial charge in [-0.25, -0.2) is 4.79 Å². The number of carbonyl (C=O) groups excluding carboxylic acids is 2. The van der Waals surface area contributed by atoms with Gasteiger partial charge >= 0.3 is 6.09 Å². The summed E-state index contributed by atoms with van der Waals surface area (Å²) in [5.41, 5.74) is 3.24. The molecule has 2 aliphatic rings. The number of rotatable bonds is 3. The Morgan fingerprint density at radius 2 is 1.84 bits per heavy atom. The first-order chi connectivity index (χ1) is 15.1. The summed E-state index contributed by atoms with van der Waals surface area (Å²) < 4.78 is 5.47. The van der Waals surface area contributed by atoms with Gasteiger partial charge in [0.1, 0.15) is 5.60 Å². The number of benzene rings is 1. The SMILES string of the molecule is CC1c2[nH]c3ccccc3c2CCN1C(=O)[C@H]1CC[C@H](CN(C)C(=O)OC(C)(C)C)CC1. The molecule has 0 saturated heterocycles. The number of amides is 2. The van der Waals surface area contributed by atoms with Crippen molar-refractivity contribution in [1.82, 2.24) is 14.8 Å².